The van der Waals surface area contributed by atoms with Crippen molar-refractivity contribution in [3.8, 4) is 5.75 Å². The molecular formula is C41H46I4N4O5. The Balaban J connectivity index is 1.46. The summed E-state index contributed by atoms with van der Waals surface area (Å²) >= 11 is 9.91. The van der Waals surface area contributed by atoms with Gasteiger partial charge in [0.1, 0.15) is 21.1 Å². The molecule has 1 unspecified atom stereocenters. The van der Waals surface area contributed by atoms with Crippen LogP contribution in [-0.2, 0) is 14.3 Å². The van der Waals surface area contributed by atoms with Gasteiger partial charge < -0.3 is 24.0 Å². The SMILES string of the molecule is CN(C)C(=O)/C=C/CN(CCOc1ccc(/C(=C(/CC(I)(I)I)c2ccccc2)c2ccc3c(c2)c(I)nn3C2CCCCO2)cc1)C(=O)OC(C)(C)C. The van der Waals surface area contributed by atoms with E-state index in [2.05, 4.69) is 156 Å². The number of amides is 2. The molecule has 13 heteroatoms. The van der Waals surface area contributed by atoms with Crippen molar-refractivity contribution in [1.29, 1.82) is 0 Å². The first-order valence-electron chi connectivity index (χ1n) is 17.8. The van der Waals surface area contributed by atoms with E-state index < -0.39 is 11.7 Å². The van der Waals surface area contributed by atoms with Gasteiger partial charge in [-0.05, 0) is 115 Å². The first kappa shape index (κ1) is 43.2. The number of benzene rings is 3. The quantitative estimate of drug-likeness (QED) is 0.0574. The number of hydrogen-bond donors (Lipinski definition) is 0. The van der Waals surface area contributed by atoms with Gasteiger partial charge in [0, 0.05) is 45.1 Å². The highest BCUT2D eigenvalue weighted by Crippen LogP contribution is 2.47. The summed E-state index contributed by atoms with van der Waals surface area (Å²) in [6.45, 7) is 7.00. The number of halogens is 4. The van der Waals surface area contributed by atoms with Crippen LogP contribution in [0.1, 0.15) is 69.4 Å². The third-order valence-electron chi connectivity index (χ3n) is 8.63. The molecule has 4 aromatic rings. The van der Waals surface area contributed by atoms with Crippen LogP contribution in [0.2, 0.25) is 0 Å². The molecule has 3 aromatic carbocycles. The Labute approximate surface area is 373 Å². The summed E-state index contributed by atoms with van der Waals surface area (Å²) < 4.78 is 20.9. The highest BCUT2D eigenvalue weighted by Gasteiger charge is 2.26. The fourth-order valence-electron chi connectivity index (χ4n) is 6.09. The van der Waals surface area contributed by atoms with Crippen LogP contribution in [0.5, 0.6) is 5.75 Å². The molecule has 2 amide bonds. The number of allylic oxidation sites excluding steroid dienone is 1. The molecule has 0 spiro atoms. The molecule has 54 heavy (non-hydrogen) atoms. The smallest absolute Gasteiger partial charge is 0.410 e. The van der Waals surface area contributed by atoms with E-state index in [1.165, 1.54) is 27.0 Å². The zero-order chi connectivity index (χ0) is 39.0. The number of carbonyl (C=O) groups excluding carboxylic acids is 2. The molecule has 1 fully saturated rings. The molecule has 5 rings (SSSR count). The molecule has 288 valence electrons. The second-order valence-corrected chi connectivity index (χ2v) is 27.0. The van der Waals surface area contributed by atoms with Crippen LogP contribution in [0, 0.1) is 3.70 Å². The Morgan fingerprint density at radius 2 is 1.67 bits per heavy atom. The van der Waals surface area contributed by atoms with Gasteiger partial charge in [0.2, 0.25) is 5.91 Å². The minimum absolute atomic E-state index is 0.0457. The molecular weight excluding hydrogens is 1140 g/mol. The topological polar surface area (TPSA) is 86.1 Å². The molecule has 0 saturated carbocycles. The van der Waals surface area contributed by atoms with Crippen LogP contribution >= 0.6 is 90.4 Å². The van der Waals surface area contributed by atoms with E-state index in [1.54, 1.807) is 20.2 Å². The Kier molecular flexibility index (Phi) is 15.5. The lowest BCUT2D eigenvalue weighted by molar-refractivity contribution is -0.123. The average Bonchev–Trinajstić information content (AvgIpc) is 3.46. The van der Waals surface area contributed by atoms with E-state index in [9.17, 15) is 9.59 Å². The second-order valence-electron chi connectivity index (χ2n) is 14.2. The lowest BCUT2D eigenvalue weighted by atomic mass is 9.88. The van der Waals surface area contributed by atoms with Crippen molar-refractivity contribution in [2.75, 3.05) is 40.4 Å². The molecule has 9 nitrogen and oxygen atoms in total. The summed E-state index contributed by atoms with van der Waals surface area (Å²) in [7, 11) is 3.37. The first-order chi connectivity index (χ1) is 25.6. The number of fused-ring (bicyclic) bond motifs is 1. The zero-order valence-corrected chi connectivity index (χ0v) is 39.8. The van der Waals surface area contributed by atoms with Crippen LogP contribution in [-0.4, -0.2) is 77.0 Å². The largest absolute Gasteiger partial charge is 0.492 e. The highest BCUT2D eigenvalue weighted by molar-refractivity contribution is 14.3. The second kappa shape index (κ2) is 19.5. The predicted molar refractivity (Wildman–Crippen MR) is 251 cm³/mol. The van der Waals surface area contributed by atoms with Crippen molar-refractivity contribution >= 4 is 124 Å². The third-order valence-corrected chi connectivity index (χ3v) is 10.6. The monoisotopic (exact) mass is 1180 g/mol. The Hall–Kier alpha value is -1.97. The summed E-state index contributed by atoms with van der Waals surface area (Å²) in [4.78, 5) is 28.1. The number of carbonyl (C=O) groups is 2. The molecule has 1 atom stereocenters. The number of alkyl halides is 3. The zero-order valence-electron chi connectivity index (χ0n) is 31.2. The van der Waals surface area contributed by atoms with Crippen molar-refractivity contribution in [2.45, 2.75) is 57.7 Å². The number of rotatable bonds is 13. The highest BCUT2D eigenvalue weighted by atomic mass is 127. The molecule has 0 N–H and O–H groups in total. The molecule has 2 heterocycles. The number of aromatic nitrogens is 2. The molecule has 0 radical (unpaired) electrons. The molecule has 1 aliphatic rings. The Bertz CT molecular complexity index is 1960. The Morgan fingerprint density at radius 3 is 2.30 bits per heavy atom. The van der Waals surface area contributed by atoms with Crippen LogP contribution in [0.25, 0.3) is 22.0 Å². The average molecular weight is 1180 g/mol. The van der Waals surface area contributed by atoms with E-state index in [4.69, 9.17) is 19.3 Å². The number of nitrogens with zero attached hydrogens (tertiary/aromatic N) is 4. The number of hydrogen-bond acceptors (Lipinski definition) is 6. The van der Waals surface area contributed by atoms with Gasteiger partial charge in [-0.2, -0.15) is 5.10 Å². The number of ether oxygens (including phenoxy) is 3. The molecule has 1 aliphatic heterocycles. The van der Waals surface area contributed by atoms with Gasteiger partial charge >= 0.3 is 6.09 Å². The molecule has 1 saturated heterocycles. The van der Waals surface area contributed by atoms with E-state index in [-0.39, 0.29) is 31.3 Å². The Morgan fingerprint density at radius 1 is 0.963 bits per heavy atom. The standard InChI is InChI=1S/C41H46I4N4O5/c1-40(2,3)54-39(51)48(22-11-14-35(50)47(4)5)23-25-52-31-19-16-29(17-20-31)37(33(27-41(43,44)45)28-12-7-6-8-13-28)30-18-21-34-32(26-30)38(42)46-49(34)36-15-9-10-24-53-36/h6-8,11-14,16-21,26,36H,9-10,15,22-25,27H2,1-5H3/b14-11+,37-33+. The minimum atomic E-state index is -0.655. The van der Waals surface area contributed by atoms with E-state index in [1.807, 2.05) is 32.9 Å². The lowest BCUT2D eigenvalue weighted by Crippen LogP contribution is -2.39. The van der Waals surface area contributed by atoms with Gasteiger partial charge in [0.05, 0.1) is 12.1 Å². The first-order valence-corrected chi connectivity index (χ1v) is 22.1. The summed E-state index contributed by atoms with van der Waals surface area (Å²) in [5, 5.41) is 6.05. The van der Waals surface area contributed by atoms with Crippen molar-refractivity contribution in [2.24, 2.45) is 0 Å². The summed E-state index contributed by atoms with van der Waals surface area (Å²) in [5.41, 5.74) is 6.16. The molecule has 0 aliphatic carbocycles. The normalized spacial score (nSPS) is 15.6. The number of likely N-dealkylation sites (N-methyl/N-ethyl adjacent to an activating group) is 1. The van der Waals surface area contributed by atoms with Crippen molar-refractivity contribution < 1.29 is 23.8 Å². The van der Waals surface area contributed by atoms with Gasteiger partial charge in [-0.25, -0.2) is 9.48 Å². The van der Waals surface area contributed by atoms with Gasteiger partial charge in [0.15, 0.2) is 6.23 Å². The van der Waals surface area contributed by atoms with Gasteiger partial charge in [-0.1, -0.05) is 122 Å². The third kappa shape index (κ3) is 12.3. The van der Waals surface area contributed by atoms with Crippen LogP contribution in [0.4, 0.5) is 4.79 Å². The van der Waals surface area contributed by atoms with Crippen molar-refractivity contribution in [3.63, 3.8) is 0 Å². The fourth-order valence-corrected chi connectivity index (χ4v) is 7.90. The maximum atomic E-state index is 13.0. The maximum absolute atomic E-state index is 13.0. The fraction of sp³-hybridized carbons (Fsp3) is 0.390. The van der Waals surface area contributed by atoms with Gasteiger partial charge in [-0.15, -0.1) is 0 Å². The lowest BCUT2D eigenvalue weighted by Gasteiger charge is -2.26. The van der Waals surface area contributed by atoms with E-state index in [0.717, 1.165) is 63.6 Å². The molecule has 0 bridgehead atoms. The summed E-state index contributed by atoms with van der Waals surface area (Å²) in [5.74, 6) is 0.533. The van der Waals surface area contributed by atoms with E-state index >= 15 is 0 Å². The van der Waals surface area contributed by atoms with Gasteiger partial charge in [0.25, 0.3) is 0 Å². The van der Waals surface area contributed by atoms with Crippen LogP contribution in [0.3, 0.4) is 0 Å². The van der Waals surface area contributed by atoms with Crippen LogP contribution in [0.15, 0.2) is 84.9 Å². The predicted octanol–water partition coefficient (Wildman–Crippen LogP) is 10.9. The molecule has 1 aromatic heterocycles. The maximum Gasteiger partial charge on any atom is 0.410 e. The van der Waals surface area contributed by atoms with E-state index in [0.29, 0.717) is 5.75 Å². The minimum Gasteiger partial charge on any atom is -0.492 e. The summed E-state index contributed by atoms with van der Waals surface area (Å²) in [6, 6.07) is 25.5. The van der Waals surface area contributed by atoms with Gasteiger partial charge in [-0.3, -0.25) is 4.79 Å². The van der Waals surface area contributed by atoms with Crippen molar-refractivity contribution in [3.05, 3.63) is 105 Å². The van der Waals surface area contributed by atoms with Crippen LogP contribution < -0.4 is 4.74 Å². The summed E-state index contributed by atoms with van der Waals surface area (Å²) in [6.07, 6.45) is 6.63. The van der Waals surface area contributed by atoms with Crippen molar-refractivity contribution in [1.82, 2.24) is 19.6 Å².